The molecule has 0 bridgehead atoms. The third-order valence-electron chi connectivity index (χ3n) is 3.36. The quantitative estimate of drug-likeness (QED) is 0.755. The summed E-state index contributed by atoms with van der Waals surface area (Å²) in [5.41, 5.74) is 0. The number of nitrogens with zero attached hydrogens (tertiary/aromatic N) is 2. The molecule has 0 spiro atoms. The van der Waals surface area contributed by atoms with Crippen molar-refractivity contribution in [3.63, 3.8) is 0 Å². The molecule has 4 heteroatoms. The van der Waals surface area contributed by atoms with Crippen LogP contribution in [0.4, 0.5) is 0 Å². The zero-order valence-electron chi connectivity index (χ0n) is 10.9. The molecular formula is C13H23N3O. The number of nitrogens with one attached hydrogen (secondary N) is 1. The molecule has 1 heterocycles. The first-order valence-electron chi connectivity index (χ1n) is 6.89. The highest BCUT2D eigenvalue weighted by Crippen LogP contribution is 2.24. The molecule has 1 aliphatic carbocycles. The Bertz CT molecular complexity index is 333. The van der Waals surface area contributed by atoms with E-state index in [-0.39, 0.29) is 0 Å². The Morgan fingerprint density at radius 1 is 1.41 bits per heavy atom. The van der Waals surface area contributed by atoms with Gasteiger partial charge in [0.1, 0.15) is 0 Å². The van der Waals surface area contributed by atoms with Crippen LogP contribution < -0.4 is 5.32 Å². The predicted octanol–water partition coefficient (Wildman–Crippen LogP) is 3.01. The summed E-state index contributed by atoms with van der Waals surface area (Å²) >= 11 is 0. The second-order valence-electron chi connectivity index (χ2n) is 4.95. The fourth-order valence-corrected chi connectivity index (χ4v) is 1.98. The maximum Gasteiger partial charge on any atom is 0.229 e. The lowest BCUT2D eigenvalue weighted by Gasteiger charge is -2.08. The smallest absolute Gasteiger partial charge is 0.229 e. The highest BCUT2D eigenvalue weighted by atomic mass is 16.5. The van der Waals surface area contributed by atoms with Gasteiger partial charge in [0.15, 0.2) is 5.82 Å². The zero-order chi connectivity index (χ0) is 12.1. The Morgan fingerprint density at radius 3 is 2.88 bits per heavy atom. The maximum atomic E-state index is 5.37. The summed E-state index contributed by atoms with van der Waals surface area (Å²) in [6, 6.07) is 0.694. The largest absolute Gasteiger partial charge is 0.339 e. The molecule has 96 valence electrons. The third kappa shape index (κ3) is 3.80. The van der Waals surface area contributed by atoms with Gasteiger partial charge >= 0.3 is 0 Å². The van der Waals surface area contributed by atoms with Gasteiger partial charge in [0.25, 0.3) is 0 Å². The summed E-state index contributed by atoms with van der Waals surface area (Å²) in [5, 5.41) is 7.45. The van der Waals surface area contributed by atoms with E-state index in [4.69, 9.17) is 4.52 Å². The van der Waals surface area contributed by atoms with Crippen LogP contribution >= 0.6 is 0 Å². The summed E-state index contributed by atoms with van der Waals surface area (Å²) in [7, 11) is 0. The van der Waals surface area contributed by atoms with Crippen molar-refractivity contribution >= 4 is 0 Å². The molecule has 0 aliphatic heterocycles. The van der Waals surface area contributed by atoms with E-state index < -0.39 is 0 Å². The van der Waals surface area contributed by atoms with Gasteiger partial charge in [0.05, 0.1) is 6.54 Å². The molecule has 4 nitrogen and oxygen atoms in total. The summed E-state index contributed by atoms with van der Waals surface area (Å²) in [5.74, 6) is 2.08. The first-order valence-corrected chi connectivity index (χ1v) is 6.89. The number of aromatic nitrogens is 2. The minimum atomic E-state index is 0.442. The molecule has 1 aliphatic rings. The summed E-state index contributed by atoms with van der Waals surface area (Å²) in [6.45, 7) is 5.15. The second kappa shape index (κ2) is 6.15. The Labute approximate surface area is 103 Å². The van der Waals surface area contributed by atoms with Crippen molar-refractivity contribution in [2.75, 3.05) is 0 Å². The monoisotopic (exact) mass is 237 g/mol. The minimum Gasteiger partial charge on any atom is -0.339 e. The van der Waals surface area contributed by atoms with Crippen molar-refractivity contribution in [2.24, 2.45) is 0 Å². The Balaban J connectivity index is 1.85. The van der Waals surface area contributed by atoms with Crippen LogP contribution in [-0.2, 0) is 6.54 Å². The van der Waals surface area contributed by atoms with E-state index in [2.05, 4.69) is 29.3 Å². The van der Waals surface area contributed by atoms with Crippen LogP contribution in [-0.4, -0.2) is 16.2 Å². The lowest BCUT2D eigenvalue weighted by molar-refractivity contribution is 0.335. The Kier molecular flexibility index (Phi) is 4.54. The molecule has 1 aromatic heterocycles. The van der Waals surface area contributed by atoms with Gasteiger partial charge in [-0.05, 0) is 25.7 Å². The molecule has 17 heavy (non-hydrogen) atoms. The molecule has 1 unspecified atom stereocenters. The van der Waals surface area contributed by atoms with Crippen LogP contribution in [0.25, 0.3) is 0 Å². The fourth-order valence-electron chi connectivity index (χ4n) is 1.98. The van der Waals surface area contributed by atoms with Gasteiger partial charge in [-0.15, -0.1) is 0 Å². The lowest BCUT2D eigenvalue weighted by Crippen LogP contribution is -2.16. The predicted molar refractivity (Wildman–Crippen MR) is 66.7 cm³/mol. The number of hydrogen-bond acceptors (Lipinski definition) is 4. The second-order valence-corrected chi connectivity index (χ2v) is 4.95. The first kappa shape index (κ1) is 12.6. The average molecular weight is 237 g/mol. The van der Waals surface area contributed by atoms with Crippen molar-refractivity contribution in [1.82, 2.24) is 15.5 Å². The molecule has 1 saturated carbocycles. The van der Waals surface area contributed by atoms with Crippen LogP contribution in [0.2, 0.25) is 0 Å². The topological polar surface area (TPSA) is 51.0 Å². The van der Waals surface area contributed by atoms with Crippen LogP contribution in [0.15, 0.2) is 4.52 Å². The van der Waals surface area contributed by atoms with E-state index in [9.17, 15) is 0 Å². The Morgan fingerprint density at radius 2 is 2.24 bits per heavy atom. The van der Waals surface area contributed by atoms with Gasteiger partial charge < -0.3 is 9.84 Å². The van der Waals surface area contributed by atoms with E-state index in [1.807, 2.05) is 0 Å². The van der Waals surface area contributed by atoms with Crippen molar-refractivity contribution in [3.05, 3.63) is 11.7 Å². The maximum absolute atomic E-state index is 5.37. The number of unbranched alkanes of at least 4 members (excludes halogenated alkanes) is 1. The van der Waals surface area contributed by atoms with Gasteiger partial charge in [-0.3, -0.25) is 0 Å². The van der Waals surface area contributed by atoms with Crippen molar-refractivity contribution in [1.29, 1.82) is 0 Å². The van der Waals surface area contributed by atoms with Crippen LogP contribution in [0.1, 0.15) is 70.0 Å². The standard InChI is InChI=1S/C13H23N3O/c1-3-5-6-10(4-2)13-15-12(16-17-13)9-14-11-7-8-11/h10-11,14H,3-9H2,1-2H3. The molecule has 1 N–H and O–H groups in total. The van der Waals surface area contributed by atoms with Crippen molar-refractivity contribution in [3.8, 4) is 0 Å². The molecule has 2 rings (SSSR count). The van der Waals surface area contributed by atoms with Crippen LogP contribution in [0.5, 0.6) is 0 Å². The van der Waals surface area contributed by atoms with E-state index in [1.54, 1.807) is 0 Å². The van der Waals surface area contributed by atoms with Gasteiger partial charge in [-0.25, -0.2) is 0 Å². The van der Waals surface area contributed by atoms with E-state index in [1.165, 1.54) is 25.7 Å². The molecule has 1 aromatic rings. The number of rotatable bonds is 8. The van der Waals surface area contributed by atoms with Gasteiger partial charge in [0, 0.05) is 12.0 Å². The van der Waals surface area contributed by atoms with Crippen molar-refractivity contribution < 1.29 is 4.52 Å². The third-order valence-corrected chi connectivity index (χ3v) is 3.36. The molecule has 0 amide bonds. The fraction of sp³-hybridized carbons (Fsp3) is 0.846. The van der Waals surface area contributed by atoms with Gasteiger partial charge in [-0.1, -0.05) is 31.8 Å². The van der Waals surface area contributed by atoms with Crippen molar-refractivity contribution in [2.45, 2.75) is 70.9 Å². The van der Waals surface area contributed by atoms with E-state index in [0.29, 0.717) is 12.0 Å². The summed E-state index contributed by atoms with van der Waals surface area (Å²) in [4.78, 5) is 4.49. The SMILES string of the molecule is CCCCC(CC)c1nc(CNC2CC2)no1. The van der Waals surface area contributed by atoms with Gasteiger partial charge in [-0.2, -0.15) is 4.98 Å². The molecule has 1 atom stereocenters. The van der Waals surface area contributed by atoms with Crippen LogP contribution in [0, 0.1) is 0 Å². The summed E-state index contributed by atoms with van der Waals surface area (Å²) in [6.07, 6.45) is 7.28. The summed E-state index contributed by atoms with van der Waals surface area (Å²) < 4.78 is 5.37. The molecule has 0 saturated heterocycles. The lowest BCUT2D eigenvalue weighted by atomic mass is 9.99. The zero-order valence-corrected chi connectivity index (χ0v) is 10.9. The minimum absolute atomic E-state index is 0.442. The van der Waals surface area contributed by atoms with Crippen LogP contribution in [0.3, 0.4) is 0 Å². The first-order chi connectivity index (χ1) is 8.33. The molecule has 1 fully saturated rings. The van der Waals surface area contributed by atoms with Gasteiger partial charge in [0.2, 0.25) is 5.89 Å². The molecule has 0 radical (unpaired) electrons. The molecular weight excluding hydrogens is 214 g/mol. The normalized spacial score (nSPS) is 17.3. The van der Waals surface area contributed by atoms with E-state index in [0.717, 1.165) is 31.1 Å². The Hall–Kier alpha value is -0.900. The highest BCUT2D eigenvalue weighted by Gasteiger charge is 2.22. The highest BCUT2D eigenvalue weighted by molar-refractivity contribution is 4.94. The van der Waals surface area contributed by atoms with E-state index >= 15 is 0 Å². The molecule has 0 aromatic carbocycles. The number of hydrogen-bond donors (Lipinski definition) is 1. The average Bonchev–Trinajstić information content (AvgIpc) is 3.07.